The summed E-state index contributed by atoms with van der Waals surface area (Å²) in [6.45, 7) is 4.23. The Morgan fingerprint density at radius 3 is 3.07 bits per heavy atom. The van der Waals surface area contributed by atoms with Gasteiger partial charge in [-0.1, -0.05) is 0 Å². The van der Waals surface area contributed by atoms with Gasteiger partial charge in [-0.3, -0.25) is 4.98 Å². The number of fused-ring (bicyclic) bond motifs is 1. The zero-order chi connectivity index (χ0) is 20.7. The van der Waals surface area contributed by atoms with Crippen LogP contribution in [0.25, 0.3) is 22.3 Å². The van der Waals surface area contributed by atoms with Crippen molar-refractivity contribution < 1.29 is 8.95 Å². The van der Waals surface area contributed by atoms with Crippen molar-refractivity contribution in [1.82, 2.24) is 19.9 Å². The van der Waals surface area contributed by atoms with Crippen molar-refractivity contribution in [1.29, 1.82) is 0 Å². The molecule has 0 aromatic carbocycles. The SMILES string of the molecule is CN=S1(=O)CCCC1c1cc(N2CCOC[C@H]2C)nc(-c2cncc3[nH]ccc23)n1. The normalized spacial score (nSPS) is 26.9. The predicted molar refractivity (Wildman–Crippen MR) is 118 cm³/mol. The number of nitrogens with one attached hydrogen (secondary N) is 1. The van der Waals surface area contributed by atoms with Crippen molar-refractivity contribution in [2.24, 2.45) is 4.36 Å². The van der Waals surface area contributed by atoms with Gasteiger partial charge in [-0.05, 0) is 25.8 Å². The number of pyridine rings is 1. The molecule has 8 nitrogen and oxygen atoms in total. The second-order valence-corrected chi connectivity index (χ2v) is 10.6. The van der Waals surface area contributed by atoms with Crippen LogP contribution in [-0.4, -0.2) is 62.7 Å². The van der Waals surface area contributed by atoms with E-state index < -0.39 is 9.73 Å². The number of hydrogen-bond acceptors (Lipinski definition) is 7. The molecule has 9 heteroatoms. The van der Waals surface area contributed by atoms with Crippen LogP contribution in [-0.2, 0) is 14.5 Å². The van der Waals surface area contributed by atoms with Gasteiger partial charge in [0.05, 0.1) is 51.6 Å². The minimum Gasteiger partial charge on any atom is -0.377 e. The van der Waals surface area contributed by atoms with Crippen molar-refractivity contribution in [3.05, 3.63) is 36.4 Å². The van der Waals surface area contributed by atoms with Crippen LogP contribution in [0.5, 0.6) is 0 Å². The van der Waals surface area contributed by atoms with Crippen molar-refractivity contribution in [3.63, 3.8) is 0 Å². The molecular formula is C21H26N6O2S. The molecule has 158 valence electrons. The number of rotatable bonds is 3. The lowest BCUT2D eigenvalue weighted by Gasteiger charge is -2.34. The highest BCUT2D eigenvalue weighted by Gasteiger charge is 2.33. The van der Waals surface area contributed by atoms with Gasteiger partial charge in [0, 0.05) is 48.8 Å². The van der Waals surface area contributed by atoms with E-state index in [4.69, 9.17) is 14.7 Å². The number of morpholine rings is 1. The minimum absolute atomic E-state index is 0.169. The molecule has 2 fully saturated rings. The van der Waals surface area contributed by atoms with Gasteiger partial charge in [0.2, 0.25) is 0 Å². The average molecular weight is 427 g/mol. The van der Waals surface area contributed by atoms with E-state index in [0.717, 1.165) is 47.4 Å². The predicted octanol–water partition coefficient (Wildman–Crippen LogP) is 3.18. The van der Waals surface area contributed by atoms with Crippen molar-refractivity contribution in [3.8, 4) is 11.4 Å². The highest BCUT2D eigenvalue weighted by Crippen LogP contribution is 2.38. The molecule has 5 heterocycles. The van der Waals surface area contributed by atoms with Crippen LogP contribution >= 0.6 is 0 Å². The van der Waals surface area contributed by atoms with Crippen LogP contribution in [0.3, 0.4) is 0 Å². The first-order valence-electron chi connectivity index (χ1n) is 10.4. The summed E-state index contributed by atoms with van der Waals surface area (Å²) in [6.07, 6.45) is 7.23. The molecule has 3 aromatic heterocycles. The maximum Gasteiger partial charge on any atom is 0.164 e. The molecule has 1 N–H and O–H groups in total. The maximum absolute atomic E-state index is 13.4. The molecule has 2 unspecified atom stereocenters. The van der Waals surface area contributed by atoms with E-state index in [1.54, 1.807) is 19.4 Å². The molecule has 5 rings (SSSR count). The number of anilines is 1. The number of aromatic amines is 1. The third-order valence-electron chi connectivity index (χ3n) is 6.10. The Morgan fingerprint density at radius 1 is 1.33 bits per heavy atom. The smallest absolute Gasteiger partial charge is 0.164 e. The Labute approximate surface area is 176 Å². The summed E-state index contributed by atoms with van der Waals surface area (Å²) in [5.74, 6) is 2.10. The summed E-state index contributed by atoms with van der Waals surface area (Å²) >= 11 is 0. The fourth-order valence-electron chi connectivity index (χ4n) is 4.47. The van der Waals surface area contributed by atoms with Crippen LogP contribution in [0.4, 0.5) is 5.82 Å². The molecule has 2 aliphatic rings. The van der Waals surface area contributed by atoms with Crippen LogP contribution in [0.15, 0.2) is 35.1 Å². The Hall–Kier alpha value is -2.52. The molecule has 0 bridgehead atoms. The second-order valence-electron chi connectivity index (χ2n) is 7.93. The van der Waals surface area contributed by atoms with Gasteiger partial charge in [-0.2, -0.15) is 0 Å². The molecule has 3 atom stereocenters. The first-order chi connectivity index (χ1) is 14.6. The van der Waals surface area contributed by atoms with E-state index in [1.165, 1.54) is 0 Å². The van der Waals surface area contributed by atoms with Gasteiger partial charge in [0.1, 0.15) is 5.82 Å². The molecular weight excluding hydrogens is 400 g/mol. The van der Waals surface area contributed by atoms with Crippen LogP contribution in [0.2, 0.25) is 0 Å². The summed E-state index contributed by atoms with van der Waals surface area (Å²) in [7, 11) is -0.643. The number of hydrogen-bond donors (Lipinski definition) is 1. The molecule has 0 radical (unpaired) electrons. The van der Waals surface area contributed by atoms with Crippen LogP contribution in [0, 0.1) is 0 Å². The molecule has 0 amide bonds. The molecule has 3 aromatic rings. The number of H-pyrrole nitrogens is 1. The first kappa shape index (κ1) is 19.4. The van der Waals surface area contributed by atoms with Crippen LogP contribution < -0.4 is 4.90 Å². The monoisotopic (exact) mass is 426 g/mol. The highest BCUT2D eigenvalue weighted by atomic mass is 32.2. The standard InChI is InChI=1S/C21H26N6O2S/c1-14-13-29-8-7-27(14)20-10-17(19-4-3-9-30(19,28)22-2)25-21(26-20)16-11-23-12-18-15(16)5-6-24-18/h5-6,10-12,14,19,24H,3-4,7-9,13H2,1-2H3/t14-,19?,30?/m1/s1. The lowest BCUT2D eigenvalue weighted by molar-refractivity contribution is 0.0985. The Bertz CT molecular complexity index is 1200. The summed E-state index contributed by atoms with van der Waals surface area (Å²) in [5.41, 5.74) is 2.63. The van der Waals surface area contributed by atoms with E-state index in [9.17, 15) is 4.21 Å². The van der Waals surface area contributed by atoms with Crippen molar-refractivity contribution >= 4 is 26.4 Å². The van der Waals surface area contributed by atoms with E-state index in [-0.39, 0.29) is 11.3 Å². The third kappa shape index (κ3) is 3.26. The van der Waals surface area contributed by atoms with Gasteiger partial charge in [-0.25, -0.2) is 18.5 Å². The fraction of sp³-hybridized carbons (Fsp3) is 0.476. The largest absolute Gasteiger partial charge is 0.377 e. The quantitative estimate of drug-likeness (QED) is 0.691. The van der Waals surface area contributed by atoms with Crippen molar-refractivity contribution in [2.75, 3.05) is 37.5 Å². The highest BCUT2D eigenvalue weighted by molar-refractivity contribution is 7.94. The zero-order valence-electron chi connectivity index (χ0n) is 17.2. The van der Waals surface area contributed by atoms with Gasteiger partial charge >= 0.3 is 0 Å². The molecule has 2 aliphatic heterocycles. The van der Waals surface area contributed by atoms with Crippen LogP contribution in [0.1, 0.15) is 30.7 Å². The fourth-order valence-corrected chi connectivity index (χ4v) is 6.80. The second kappa shape index (κ2) is 7.63. The summed E-state index contributed by atoms with van der Waals surface area (Å²) in [6, 6.07) is 4.23. The lowest BCUT2D eigenvalue weighted by Crippen LogP contribution is -2.44. The minimum atomic E-state index is -2.31. The van der Waals surface area contributed by atoms with E-state index in [1.807, 2.05) is 18.3 Å². The third-order valence-corrected chi connectivity index (χ3v) is 8.96. The molecule has 30 heavy (non-hydrogen) atoms. The maximum atomic E-state index is 13.4. The molecule has 0 aliphatic carbocycles. The number of nitrogens with zero attached hydrogens (tertiary/aromatic N) is 5. The Balaban J connectivity index is 1.70. The first-order valence-corrected chi connectivity index (χ1v) is 12.1. The van der Waals surface area contributed by atoms with E-state index in [0.29, 0.717) is 24.8 Å². The van der Waals surface area contributed by atoms with E-state index >= 15 is 0 Å². The zero-order valence-corrected chi connectivity index (χ0v) is 18.1. The summed E-state index contributed by atoms with van der Waals surface area (Å²) in [4.78, 5) is 19.7. The van der Waals surface area contributed by atoms with Gasteiger partial charge in [0.25, 0.3) is 0 Å². The number of aromatic nitrogens is 4. The van der Waals surface area contributed by atoms with Gasteiger partial charge < -0.3 is 14.6 Å². The van der Waals surface area contributed by atoms with Crippen molar-refractivity contribution in [2.45, 2.75) is 31.1 Å². The lowest BCUT2D eigenvalue weighted by atomic mass is 10.1. The molecule has 0 saturated carbocycles. The van der Waals surface area contributed by atoms with Gasteiger partial charge in [-0.15, -0.1) is 0 Å². The number of ether oxygens (including phenoxy) is 1. The van der Waals surface area contributed by atoms with E-state index in [2.05, 4.69) is 26.2 Å². The Kier molecular flexibility index (Phi) is 4.94. The topological polar surface area (TPSA) is 96.4 Å². The van der Waals surface area contributed by atoms with Gasteiger partial charge in [0.15, 0.2) is 5.82 Å². The average Bonchev–Trinajstić information content (AvgIpc) is 3.40. The summed E-state index contributed by atoms with van der Waals surface area (Å²) in [5, 5.41) is 0.855. The molecule has 2 saturated heterocycles. The molecule has 0 spiro atoms. The Morgan fingerprint density at radius 2 is 2.23 bits per heavy atom. The summed E-state index contributed by atoms with van der Waals surface area (Å²) < 4.78 is 23.3.